The molecule has 5 nitrogen and oxygen atoms in total. The molecule has 0 aliphatic carbocycles. The van der Waals surface area contributed by atoms with Gasteiger partial charge in [-0.2, -0.15) is 4.98 Å². The largest absolute Gasteiger partial charge is 0.497 e. The zero-order valence-corrected chi connectivity index (χ0v) is 14.0. The Balaban J connectivity index is 1.97. The Bertz CT molecular complexity index is 628. The van der Waals surface area contributed by atoms with Gasteiger partial charge in [0.2, 0.25) is 5.89 Å². The average molecular weight is 316 g/mol. The minimum Gasteiger partial charge on any atom is -0.497 e. The van der Waals surface area contributed by atoms with Gasteiger partial charge in [-0.3, -0.25) is 0 Å². The standard InChI is InChI=1S/C18H24N2O3/c1-13(2)12-16-19-17(23-20-16)18(8-10-22-11-9-18)14-4-6-15(21-3)7-5-14/h4-7,13H,8-12H2,1-3H3. The van der Waals surface area contributed by atoms with Crippen molar-refractivity contribution in [2.24, 2.45) is 5.92 Å². The van der Waals surface area contributed by atoms with Crippen LogP contribution in [0.5, 0.6) is 5.75 Å². The molecule has 1 aliphatic heterocycles. The van der Waals surface area contributed by atoms with E-state index in [1.807, 2.05) is 12.1 Å². The van der Waals surface area contributed by atoms with Gasteiger partial charge >= 0.3 is 0 Å². The molecule has 2 heterocycles. The SMILES string of the molecule is COc1ccc(C2(c3nc(CC(C)C)no3)CCOCC2)cc1. The lowest BCUT2D eigenvalue weighted by molar-refractivity contribution is 0.0523. The zero-order chi connectivity index (χ0) is 16.3. The first kappa shape index (κ1) is 16.0. The van der Waals surface area contributed by atoms with Crippen LogP contribution in [0.1, 0.15) is 44.0 Å². The summed E-state index contributed by atoms with van der Waals surface area (Å²) in [6.07, 6.45) is 2.53. The molecule has 124 valence electrons. The van der Waals surface area contributed by atoms with E-state index >= 15 is 0 Å². The molecule has 1 fully saturated rings. The first-order valence-corrected chi connectivity index (χ1v) is 8.19. The van der Waals surface area contributed by atoms with Gasteiger partial charge in [0.15, 0.2) is 5.82 Å². The van der Waals surface area contributed by atoms with E-state index in [0.717, 1.165) is 30.8 Å². The third kappa shape index (κ3) is 3.24. The van der Waals surface area contributed by atoms with Crippen LogP contribution in [-0.2, 0) is 16.6 Å². The van der Waals surface area contributed by atoms with Gasteiger partial charge in [0.25, 0.3) is 0 Å². The van der Waals surface area contributed by atoms with Gasteiger partial charge < -0.3 is 14.0 Å². The lowest BCUT2D eigenvalue weighted by Gasteiger charge is -2.34. The number of methoxy groups -OCH3 is 1. The predicted octanol–water partition coefficient (Wildman–Crippen LogP) is 3.37. The number of ether oxygens (including phenoxy) is 2. The summed E-state index contributed by atoms with van der Waals surface area (Å²) in [5.41, 5.74) is 0.925. The van der Waals surface area contributed by atoms with Crippen LogP contribution in [0, 0.1) is 5.92 Å². The molecule has 0 bridgehead atoms. The summed E-state index contributed by atoms with van der Waals surface area (Å²) >= 11 is 0. The molecule has 0 spiro atoms. The van der Waals surface area contributed by atoms with Crippen molar-refractivity contribution in [2.45, 2.75) is 38.5 Å². The van der Waals surface area contributed by atoms with E-state index in [1.54, 1.807) is 7.11 Å². The molecule has 23 heavy (non-hydrogen) atoms. The number of rotatable bonds is 5. The molecule has 0 N–H and O–H groups in total. The Labute approximate surface area is 137 Å². The summed E-state index contributed by atoms with van der Waals surface area (Å²) in [4.78, 5) is 4.70. The van der Waals surface area contributed by atoms with Crippen LogP contribution in [0.25, 0.3) is 0 Å². The third-order valence-corrected chi connectivity index (χ3v) is 4.46. The highest BCUT2D eigenvalue weighted by molar-refractivity contribution is 5.37. The molecule has 2 aromatic rings. The molecular formula is C18H24N2O3. The maximum absolute atomic E-state index is 5.67. The van der Waals surface area contributed by atoms with Gasteiger partial charge in [0, 0.05) is 19.6 Å². The fraction of sp³-hybridized carbons (Fsp3) is 0.556. The summed E-state index contributed by atoms with van der Waals surface area (Å²) in [7, 11) is 1.68. The van der Waals surface area contributed by atoms with E-state index in [1.165, 1.54) is 5.56 Å². The fourth-order valence-electron chi connectivity index (χ4n) is 3.15. The molecule has 0 atom stereocenters. The molecule has 0 amide bonds. The molecule has 1 aromatic heterocycles. The van der Waals surface area contributed by atoms with Gasteiger partial charge in [-0.1, -0.05) is 31.1 Å². The Morgan fingerprint density at radius 1 is 1.17 bits per heavy atom. The van der Waals surface area contributed by atoms with Crippen LogP contribution < -0.4 is 4.74 Å². The second-order valence-corrected chi connectivity index (χ2v) is 6.54. The molecule has 0 radical (unpaired) electrons. The van der Waals surface area contributed by atoms with Gasteiger partial charge in [0.05, 0.1) is 12.5 Å². The number of nitrogens with zero attached hydrogens (tertiary/aromatic N) is 2. The summed E-state index contributed by atoms with van der Waals surface area (Å²) in [6, 6.07) is 8.16. The molecule has 1 saturated heterocycles. The maximum Gasteiger partial charge on any atom is 0.237 e. The quantitative estimate of drug-likeness (QED) is 0.846. The number of hydrogen-bond donors (Lipinski definition) is 0. The van der Waals surface area contributed by atoms with Crippen molar-refractivity contribution in [1.82, 2.24) is 10.1 Å². The van der Waals surface area contributed by atoms with Crippen molar-refractivity contribution in [3.63, 3.8) is 0 Å². The van der Waals surface area contributed by atoms with Crippen molar-refractivity contribution >= 4 is 0 Å². The lowest BCUT2D eigenvalue weighted by atomic mass is 9.74. The smallest absolute Gasteiger partial charge is 0.237 e. The average Bonchev–Trinajstić information content (AvgIpc) is 3.04. The van der Waals surface area contributed by atoms with E-state index < -0.39 is 0 Å². The van der Waals surface area contributed by atoms with Crippen LogP contribution in [-0.4, -0.2) is 30.5 Å². The van der Waals surface area contributed by atoms with Gasteiger partial charge in [-0.05, 0) is 36.5 Å². The van der Waals surface area contributed by atoms with E-state index in [4.69, 9.17) is 19.0 Å². The summed E-state index contributed by atoms with van der Waals surface area (Å²) < 4.78 is 16.5. The van der Waals surface area contributed by atoms with Crippen LogP contribution >= 0.6 is 0 Å². The maximum atomic E-state index is 5.67. The molecule has 0 unspecified atom stereocenters. The topological polar surface area (TPSA) is 57.4 Å². The predicted molar refractivity (Wildman–Crippen MR) is 86.7 cm³/mol. The van der Waals surface area contributed by atoms with E-state index in [0.29, 0.717) is 25.0 Å². The second kappa shape index (κ2) is 6.71. The minimum absolute atomic E-state index is 0.257. The van der Waals surface area contributed by atoms with Crippen molar-refractivity contribution in [1.29, 1.82) is 0 Å². The Morgan fingerprint density at radius 2 is 1.87 bits per heavy atom. The molecule has 1 aromatic carbocycles. The Morgan fingerprint density at radius 3 is 2.48 bits per heavy atom. The number of benzene rings is 1. The third-order valence-electron chi connectivity index (χ3n) is 4.46. The molecule has 3 rings (SSSR count). The molecular weight excluding hydrogens is 292 g/mol. The first-order chi connectivity index (χ1) is 11.1. The summed E-state index contributed by atoms with van der Waals surface area (Å²) in [5.74, 6) is 2.85. The normalized spacial score (nSPS) is 17.4. The number of aromatic nitrogens is 2. The molecule has 1 aliphatic rings. The van der Waals surface area contributed by atoms with Crippen molar-refractivity contribution in [3.8, 4) is 5.75 Å². The van der Waals surface area contributed by atoms with E-state index in [-0.39, 0.29) is 5.41 Å². The van der Waals surface area contributed by atoms with Crippen molar-refractivity contribution < 1.29 is 14.0 Å². The highest BCUT2D eigenvalue weighted by Crippen LogP contribution is 2.40. The Kier molecular flexibility index (Phi) is 4.66. The second-order valence-electron chi connectivity index (χ2n) is 6.54. The van der Waals surface area contributed by atoms with Crippen LogP contribution in [0.2, 0.25) is 0 Å². The molecule has 5 heteroatoms. The van der Waals surface area contributed by atoms with Gasteiger partial charge in [-0.25, -0.2) is 0 Å². The Hall–Kier alpha value is -1.88. The lowest BCUT2D eigenvalue weighted by Crippen LogP contribution is -2.35. The first-order valence-electron chi connectivity index (χ1n) is 8.19. The van der Waals surface area contributed by atoms with E-state index in [2.05, 4.69) is 31.1 Å². The van der Waals surface area contributed by atoms with Crippen LogP contribution in [0.3, 0.4) is 0 Å². The van der Waals surface area contributed by atoms with Crippen molar-refractivity contribution in [3.05, 3.63) is 41.5 Å². The highest BCUT2D eigenvalue weighted by Gasteiger charge is 2.41. The minimum atomic E-state index is -0.257. The van der Waals surface area contributed by atoms with E-state index in [9.17, 15) is 0 Å². The molecule has 0 saturated carbocycles. The van der Waals surface area contributed by atoms with Crippen LogP contribution in [0.15, 0.2) is 28.8 Å². The zero-order valence-electron chi connectivity index (χ0n) is 14.0. The summed E-state index contributed by atoms with van der Waals surface area (Å²) in [6.45, 7) is 5.72. The van der Waals surface area contributed by atoms with Gasteiger partial charge in [-0.15, -0.1) is 0 Å². The van der Waals surface area contributed by atoms with Gasteiger partial charge in [0.1, 0.15) is 5.75 Å². The van der Waals surface area contributed by atoms with Crippen LogP contribution in [0.4, 0.5) is 0 Å². The fourth-order valence-corrected chi connectivity index (χ4v) is 3.15. The number of hydrogen-bond acceptors (Lipinski definition) is 5. The summed E-state index contributed by atoms with van der Waals surface area (Å²) in [5, 5.41) is 4.18. The highest BCUT2D eigenvalue weighted by atomic mass is 16.5. The van der Waals surface area contributed by atoms with Crippen molar-refractivity contribution in [2.75, 3.05) is 20.3 Å². The monoisotopic (exact) mass is 316 g/mol.